The van der Waals surface area contributed by atoms with Crippen molar-refractivity contribution < 1.29 is 8.81 Å². The van der Waals surface area contributed by atoms with Crippen molar-refractivity contribution in [2.45, 2.75) is 38.4 Å². The molecule has 1 aliphatic carbocycles. The van der Waals surface area contributed by atoms with Crippen molar-refractivity contribution in [3.63, 3.8) is 0 Å². The summed E-state index contributed by atoms with van der Waals surface area (Å²) >= 11 is 0. The van der Waals surface area contributed by atoms with Gasteiger partial charge < -0.3 is 10.2 Å². The van der Waals surface area contributed by atoms with Crippen LogP contribution < -0.4 is 5.73 Å². The molecule has 0 saturated heterocycles. The maximum absolute atomic E-state index is 13.9. The average Bonchev–Trinajstić information content (AvgIpc) is 3.20. The highest BCUT2D eigenvalue weighted by atomic mass is 19.1. The first-order valence-electron chi connectivity index (χ1n) is 7.43. The van der Waals surface area contributed by atoms with Crippen molar-refractivity contribution in [3.8, 4) is 0 Å². The van der Waals surface area contributed by atoms with Crippen molar-refractivity contribution in [2.24, 2.45) is 5.73 Å². The number of benzene rings is 1. The van der Waals surface area contributed by atoms with E-state index >= 15 is 0 Å². The molecule has 0 bridgehead atoms. The molecule has 0 aliphatic heterocycles. The zero-order valence-corrected chi connectivity index (χ0v) is 12.3. The minimum absolute atomic E-state index is 0.0256. The fourth-order valence-electron chi connectivity index (χ4n) is 2.76. The number of nitrogens with two attached hydrogens (primary N) is 1. The minimum Gasteiger partial charge on any atom is -0.468 e. The zero-order chi connectivity index (χ0) is 14.8. The van der Waals surface area contributed by atoms with Gasteiger partial charge in [-0.05, 0) is 49.1 Å². The third-order valence-corrected chi connectivity index (χ3v) is 4.14. The van der Waals surface area contributed by atoms with E-state index in [1.807, 2.05) is 24.3 Å². The number of aryl methyl sites for hydroxylation is 1. The Morgan fingerprint density at radius 3 is 2.76 bits per heavy atom. The highest BCUT2D eigenvalue weighted by molar-refractivity contribution is 5.26. The molecule has 3 nitrogen and oxygen atoms in total. The van der Waals surface area contributed by atoms with Gasteiger partial charge in [0.05, 0.1) is 12.8 Å². The van der Waals surface area contributed by atoms with Gasteiger partial charge in [-0.25, -0.2) is 4.39 Å². The van der Waals surface area contributed by atoms with Gasteiger partial charge in [-0.2, -0.15) is 0 Å². The monoisotopic (exact) mass is 288 g/mol. The number of halogens is 1. The molecule has 1 heterocycles. The summed E-state index contributed by atoms with van der Waals surface area (Å²) < 4.78 is 19.3. The Labute approximate surface area is 124 Å². The predicted molar refractivity (Wildman–Crippen MR) is 80.2 cm³/mol. The highest BCUT2D eigenvalue weighted by Gasteiger charge is 2.34. The molecule has 1 aromatic heterocycles. The maximum Gasteiger partial charge on any atom is 0.126 e. The molecule has 2 N–H and O–H groups in total. The Balaban J connectivity index is 1.86. The Kier molecular flexibility index (Phi) is 4.08. The summed E-state index contributed by atoms with van der Waals surface area (Å²) in [6.45, 7) is 2.97. The van der Waals surface area contributed by atoms with Gasteiger partial charge in [0.2, 0.25) is 0 Å². The molecular formula is C17H21FN2O. The third kappa shape index (κ3) is 3.17. The molecule has 1 unspecified atom stereocenters. The van der Waals surface area contributed by atoms with Gasteiger partial charge in [-0.15, -0.1) is 0 Å². The molecule has 2 aromatic rings. The molecule has 1 fully saturated rings. The first kappa shape index (κ1) is 14.3. The lowest BCUT2D eigenvalue weighted by atomic mass is 10.0. The number of hydrogen-bond donors (Lipinski definition) is 1. The summed E-state index contributed by atoms with van der Waals surface area (Å²) in [7, 11) is 0. The molecule has 3 rings (SSSR count). The second-order valence-electron chi connectivity index (χ2n) is 5.74. The van der Waals surface area contributed by atoms with Crippen LogP contribution in [-0.2, 0) is 6.54 Å². The molecule has 1 aromatic carbocycles. The Hall–Kier alpha value is -1.65. The smallest absolute Gasteiger partial charge is 0.126 e. The second-order valence-corrected chi connectivity index (χ2v) is 5.74. The van der Waals surface area contributed by atoms with E-state index in [1.165, 1.54) is 12.8 Å². The first-order valence-corrected chi connectivity index (χ1v) is 7.43. The number of nitrogens with zero attached hydrogens (tertiary/aromatic N) is 1. The quantitative estimate of drug-likeness (QED) is 0.886. The van der Waals surface area contributed by atoms with Crippen molar-refractivity contribution in [2.75, 3.05) is 6.54 Å². The molecule has 0 radical (unpaired) electrons. The third-order valence-electron chi connectivity index (χ3n) is 4.14. The van der Waals surface area contributed by atoms with Gasteiger partial charge in [0, 0.05) is 18.6 Å². The van der Waals surface area contributed by atoms with Crippen LogP contribution in [-0.4, -0.2) is 17.5 Å². The predicted octanol–water partition coefficient (Wildman–Crippen LogP) is 3.39. The summed E-state index contributed by atoms with van der Waals surface area (Å²) in [5.74, 6) is 0.757. The van der Waals surface area contributed by atoms with E-state index in [9.17, 15) is 4.39 Å². The summed E-state index contributed by atoms with van der Waals surface area (Å²) in [5, 5.41) is 0. The van der Waals surface area contributed by atoms with Gasteiger partial charge in [0.1, 0.15) is 11.6 Å². The Morgan fingerprint density at radius 2 is 2.19 bits per heavy atom. The van der Waals surface area contributed by atoms with Crippen molar-refractivity contribution in [1.82, 2.24) is 4.90 Å². The summed E-state index contributed by atoms with van der Waals surface area (Å²) in [6.07, 6.45) is 4.03. The lowest BCUT2D eigenvalue weighted by Gasteiger charge is -2.30. The standard InChI is InChI=1S/C17H21FN2O/c1-12-4-5-13(9-16(12)18)17(10-19)20(14-6-7-14)11-15-3-2-8-21-15/h2-5,8-9,14,17H,6-7,10-11,19H2,1H3. The van der Waals surface area contributed by atoms with E-state index < -0.39 is 0 Å². The van der Waals surface area contributed by atoms with Crippen LogP contribution >= 0.6 is 0 Å². The van der Waals surface area contributed by atoms with Crippen LogP contribution in [0.1, 0.15) is 35.8 Å². The molecule has 4 heteroatoms. The van der Waals surface area contributed by atoms with E-state index in [1.54, 1.807) is 19.3 Å². The van der Waals surface area contributed by atoms with Crippen molar-refractivity contribution >= 4 is 0 Å². The normalized spacial score (nSPS) is 16.4. The van der Waals surface area contributed by atoms with Gasteiger partial charge in [0.15, 0.2) is 0 Å². The van der Waals surface area contributed by atoms with Crippen LogP contribution in [0, 0.1) is 12.7 Å². The molecule has 112 valence electrons. The summed E-state index contributed by atoms with van der Waals surface area (Å²) in [6, 6.07) is 9.83. The Bertz CT molecular complexity index is 593. The van der Waals surface area contributed by atoms with E-state index in [4.69, 9.17) is 10.2 Å². The highest BCUT2D eigenvalue weighted by Crippen LogP contribution is 2.35. The van der Waals surface area contributed by atoms with Crippen LogP contribution in [0.5, 0.6) is 0 Å². The van der Waals surface area contributed by atoms with Crippen molar-refractivity contribution in [1.29, 1.82) is 0 Å². The van der Waals surface area contributed by atoms with Crippen molar-refractivity contribution in [3.05, 3.63) is 59.3 Å². The topological polar surface area (TPSA) is 42.4 Å². The Morgan fingerprint density at radius 1 is 1.38 bits per heavy atom. The fraction of sp³-hybridized carbons (Fsp3) is 0.412. The van der Waals surface area contributed by atoms with Gasteiger partial charge in [0.25, 0.3) is 0 Å². The molecule has 0 amide bonds. The van der Waals surface area contributed by atoms with Crippen LogP contribution in [0.15, 0.2) is 41.0 Å². The zero-order valence-electron chi connectivity index (χ0n) is 12.3. The molecule has 1 saturated carbocycles. The molecule has 0 spiro atoms. The minimum atomic E-state index is -0.167. The average molecular weight is 288 g/mol. The van der Waals surface area contributed by atoms with Crippen LogP contribution in [0.25, 0.3) is 0 Å². The molecular weight excluding hydrogens is 267 g/mol. The molecule has 1 atom stereocenters. The number of hydrogen-bond acceptors (Lipinski definition) is 3. The number of furan rings is 1. The lowest BCUT2D eigenvalue weighted by Crippen LogP contribution is -2.35. The first-order chi connectivity index (χ1) is 10.2. The van der Waals surface area contributed by atoms with Gasteiger partial charge >= 0.3 is 0 Å². The number of rotatable bonds is 6. The van der Waals surface area contributed by atoms with Gasteiger partial charge in [-0.3, -0.25) is 4.90 Å². The molecule has 1 aliphatic rings. The lowest BCUT2D eigenvalue weighted by molar-refractivity contribution is 0.167. The van der Waals surface area contributed by atoms with Crippen LogP contribution in [0.2, 0.25) is 0 Å². The van der Waals surface area contributed by atoms with Gasteiger partial charge in [-0.1, -0.05) is 12.1 Å². The van der Waals surface area contributed by atoms with Crippen LogP contribution in [0.4, 0.5) is 4.39 Å². The SMILES string of the molecule is Cc1ccc(C(CN)N(Cc2ccco2)C2CC2)cc1F. The largest absolute Gasteiger partial charge is 0.468 e. The summed E-state index contributed by atoms with van der Waals surface area (Å²) in [4.78, 5) is 2.34. The van der Waals surface area contributed by atoms with E-state index in [-0.39, 0.29) is 11.9 Å². The van der Waals surface area contributed by atoms with E-state index in [0.717, 1.165) is 17.9 Å². The fourth-order valence-corrected chi connectivity index (χ4v) is 2.76. The van der Waals surface area contributed by atoms with E-state index in [2.05, 4.69) is 4.90 Å². The van der Waals surface area contributed by atoms with E-state index in [0.29, 0.717) is 18.2 Å². The molecule has 21 heavy (non-hydrogen) atoms. The maximum atomic E-state index is 13.9. The van der Waals surface area contributed by atoms with Crippen LogP contribution in [0.3, 0.4) is 0 Å². The summed E-state index contributed by atoms with van der Waals surface area (Å²) in [5.41, 5.74) is 7.60. The second kappa shape index (κ2) is 6.00.